The van der Waals surface area contributed by atoms with Crippen LogP contribution in [0.15, 0.2) is 24.3 Å². The Hall–Kier alpha value is -2.04. The van der Waals surface area contributed by atoms with Gasteiger partial charge in [0.2, 0.25) is 0 Å². The van der Waals surface area contributed by atoms with E-state index in [1.807, 2.05) is 20.8 Å². The molecule has 0 heterocycles. The summed E-state index contributed by atoms with van der Waals surface area (Å²) in [5.74, 6) is -0.167. The van der Waals surface area contributed by atoms with E-state index in [1.54, 1.807) is 24.3 Å². The summed E-state index contributed by atoms with van der Waals surface area (Å²) >= 11 is 0. The van der Waals surface area contributed by atoms with Crippen LogP contribution in [0, 0.1) is 0 Å². The van der Waals surface area contributed by atoms with Gasteiger partial charge in [0, 0.05) is 18.5 Å². The quantitative estimate of drug-likeness (QED) is 0.723. The van der Waals surface area contributed by atoms with Gasteiger partial charge >= 0.3 is 5.97 Å². The number of ether oxygens (including phenoxy) is 1. The number of carbonyl (C=O) groups is 2. The van der Waals surface area contributed by atoms with Crippen LogP contribution in [-0.4, -0.2) is 29.1 Å². The molecule has 0 aliphatic heterocycles. The SMILES string of the molecule is CC(C)(C)Oc1ccc(C(=O)NCCCCCC(=O)O)cc1. The lowest BCUT2D eigenvalue weighted by Crippen LogP contribution is -2.25. The van der Waals surface area contributed by atoms with Crippen molar-refractivity contribution in [2.45, 2.75) is 52.1 Å². The molecule has 0 radical (unpaired) electrons. The molecule has 1 amide bonds. The van der Waals surface area contributed by atoms with Crippen LogP contribution >= 0.6 is 0 Å². The van der Waals surface area contributed by atoms with E-state index in [4.69, 9.17) is 9.84 Å². The number of carbonyl (C=O) groups excluding carboxylic acids is 1. The first-order chi connectivity index (χ1) is 10.3. The molecule has 0 bridgehead atoms. The molecule has 0 fully saturated rings. The Morgan fingerprint density at radius 2 is 1.73 bits per heavy atom. The van der Waals surface area contributed by atoms with Crippen LogP contribution in [0.25, 0.3) is 0 Å². The Morgan fingerprint density at radius 3 is 2.27 bits per heavy atom. The molecule has 1 aromatic carbocycles. The third-order valence-corrected chi connectivity index (χ3v) is 2.89. The van der Waals surface area contributed by atoms with E-state index in [0.717, 1.165) is 18.6 Å². The van der Waals surface area contributed by atoms with Crippen molar-refractivity contribution < 1.29 is 19.4 Å². The van der Waals surface area contributed by atoms with E-state index in [1.165, 1.54) is 0 Å². The van der Waals surface area contributed by atoms with Crippen LogP contribution in [0.5, 0.6) is 5.75 Å². The molecule has 1 rings (SSSR count). The zero-order valence-electron chi connectivity index (χ0n) is 13.5. The fourth-order valence-corrected chi connectivity index (χ4v) is 1.91. The third kappa shape index (κ3) is 7.67. The standard InChI is InChI=1S/C17H25NO4/c1-17(2,3)22-14-10-8-13(9-11-14)16(21)18-12-6-4-5-7-15(19)20/h8-11H,4-7,12H2,1-3H3,(H,18,21)(H,19,20). The van der Waals surface area contributed by atoms with Gasteiger partial charge in [0.15, 0.2) is 0 Å². The minimum absolute atomic E-state index is 0.124. The Morgan fingerprint density at radius 1 is 1.09 bits per heavy atom. The molecule has 0 unspecified atom stereocenters. The van der Waals surface area contributed by atoms with Crippen molar-refractivity contribution in [2.75, 3.05) is 6.54 Å². The van der Waals surface area contributed by atoms with Crippen molar-refractivity contribution in [1.29, 1.82) is 0 Å². The van der Waals surface area contributed by atoms with Crippen molar-refractivity contribution >= 4 is 11.9 Å². The Labute approximate surface area is 131 Å². The van der Waals surface area contributed by atoms with Crippen LogP contribution in [0.2, 0.25) is 0 Å². The monoisotopic (exact) mass is 307 g/mol. The zero-order chi connectivity index (χ0) is 16.6. The number of nitrogens with one attached hydrogen (secondary N) is 1. The van der Waals surface area contributed by atoms with Crippen LogP contribution in [0.1, 0.15) is 56.8 Å². The van der Waals surface area contributed by atoms with Crippen molar-refractivity contribution in [1.82, 2.24) is 5.32 Å². The molecule has 1 aromatic rings. The van der Waals surface area contributed by atoms with E-state index >= 15 is 0 Å². The van der Waals surface area contributed by atoms with Crippen LogP contribution < -0.4 is 10.1 Å². The molecule has 22 heavy (non-hydrogen) atoms. The van der Waals surface area contributed by atoms with E-state index in [0.29, 0.717) is 18.5 Å². The molecule has 2 N–H and O–H groups in total. The number of carboxylic acid groups (broad SMARTS) is 1. The number of hydrogen-bond acceptors (Lipinski definition) is 3. The minimum atomic E-state index is -0.776. The molecule has 0 saturated carbocycles. The number of rotatable bonds is 8. The Kier molecular flexibility index (Phi) is 6.89. The van der Waals surface area contributed by atoms with Gasteiger partial charge in [0.25, 0.3) is 5.91 Å². The molecular weight excluding hydrogens is 282 g/mol. The second-order valence-corrected chi connectivity index (χ2v) is 6.20. The maximum Gasteiger partial charge on any atom is 0.303 e. The lowest BCUT2D eigenvalue weighted by atomic mass is 10.1. The zero-order valence-corrected chi connectivity index (χ0v) is 13.5. The van der Waals surface area contributed by atoms with Gasteiger partial charge < -0.3 is 15.2 Å². The summed E-state index contributed by atoms with van der Waals surface area (Å²) in [7, 11) is 0. The van der Waals surface area contributed by atoms with Gasteiger partial charge in [-0.1, -0.05) is 6.42 Å². The molecule has 0 aromatic heterocycles. The molecule has 122 valence electrons. The smallest absolute Gasteiger partial charge is 0.303 e. The first-order valence-electron chi connectivity index (χ1n) is 7.57. The molecule has 0 spiro atoms. The van der Waals surface area contributed by atoms with Gasteiger partial charge in [-0.15, -0.1) is 0 Å². The highest BCUT2D eigenvalue weighted by molar-refractivity contribution is 5.94. The average Bonchev–Trinajstić information content (AvgIpc) is 2.41. The predicted octanol–water partition coefficient (Wildman–Crippen LogP) is 3.24. The molecular formula is C17H25NO4. The molecule has 0 atom stereocenters. The lowest BCUT2D eigenvalue weighted by Gasteiger charge is -2.21. The summed E-state index contributed by atoms with van der Waals surface area (Å²) < 4.78 is 5.70. The van der Waals surface area contributed by atoms with Gasteiger partial charge in [-0.2, -0.15) is 0 Å². The van der Waals surface area contributed by atoms with E-state index in [-0.39, 0.29) is 17.9 Å². The fourth-order valence-electron chi connectivity index (χ4n) is 1.91. The minimum Gasteiger partial charge on any atom is -0.488 e. The summed E-state index contributed by atoms with van der Waals surface area (Å²) in [6.07, 6.45) is 2.41. The number of carboxylic acids is 1. The maximum absolute atomic E-state index is 11.9. The molecule has 5 nitrogen and oxygen atoms in total. The van der Waals surface area contributed by atoms with Crippen LogP contribution in [0.4, 0.5) is 0 Å². The van der Waals surface area contributed by atoms with Gasteiger partial charge in [-0.05, 0) is 57.9 Å². The number of aliphatic carboxylic acids is 1. The molecule has 0 saturated heterocycles. The first-order valence-corrected chi connectivity index (χ1v) is 7.57. The second kappa shape index (κ2) is 8.41. The van der Waals surface area contributed by atoms with E-state index in [2.05, 4.69) is 5.32 Å². The normalized spacial score (nSPS) is 11.0. The second-order valence-electron chi connectivity index (χ2n) is 6.20. The molecule has 5 heteroatoms. The molecule has 0 aliphatic carbocycles. The van der Waals surface area contributed by atoms with Gasteiger partial charge in [-0.25, -0.2) is 0 Å². The largest absolute Gasteiger partial charge is 0.488 e. The first kappa shape index (κ1) is 18.0. The van der Waals surface area contributed by atoms with Crippen molar-refractivity contribution in [2.24, 2.45) is 0 Å². The summed E-state index contributed by atoms with van der Waals surface area (Å²) in [6.45, 7) is 6.46. The highest BCUT2D eigenvalue weighted by atomic mass is 16.5. The highest BCUT2D eigenvalue weighted by Crippen LogP contribution is 2.18. The fraction of sp³-hybridized carbons (Fsp3) is 0.529. The average molecular weight is 307 g/mol. The third-order valence-electron chi connectivity index (χ3n) is 2.89. The summed E-state index contributed by atoms with van der Waals surface area (Å²) in [4.78, 5) is 22.3. The van der Waals surface area contributed by atoms with Gasteiger partial charge in [0.1, 0.15) is 11.4 Å². The number of amides is 1. The Bertz CT molecular complexity index is 488. The predicted molar refractivity (Wildman–Crippen MR) is 85.3 cm³/mol. The summed E-state index contributed by atoms with van der Waals surface area (Å²) in [6, 6.07) is 7.04. The van der Waals surface area contributed by atoms with Crippen LogP contribution in [0.3, 0.4) is 0 Å². The lowest BCUT2D eigenvalue weighted by molar-refractivity contribution is -0.137. The number of benzene rings is 1. The van der Waals surface area contributed by atoms with E-state index < -0.39 is 5.97 Å². The maximum atomic E-state index is 11.9. The number of hydrogen-bond donors (Lipinski definition) is 2. The van der Waals surface area contributed by atoms with Gasteiger partial charge in [0.05, 0.1) is 0 Å². The van der Waals surface area contributed by atoms with E-state index in [9.17, 15) is 9.59 Å². The summed E-state index contributed by atoms with van der Waals surface area (Å²) in [5, 5.41) is 11.3. The summed E-state index contributed by atoms with van der Waals surface area (Å²) in [5.41, 5.74) is 0.325. The topological polar surface area (TPSA) is 75.6 Å². The number of unbranched alkanes of at least 4 members (excludes halogenated alkanes) is 2. The van der Waals surface area contributed by atoms with Crippen molar-refractivity contribution in [3.63, 3.8) is 0 Å². The van der Waals surface area contributed by atoms with Crippen molar-refractivity contribution in [3.8, 4) is 5.75 Å². The van der Waals surface area contributed by atoms with Crippen molar-refractivity contribution in [3.05, 3.63) is 29.8 Å². The molecule has 0 aliphatic rings. The highest BCUT2D eigenvalue weighted by Gasteiger charge is 2.12. The van der Waals surface area contributed by atoms with Crippen LogP contribution in [-0.2, 0) is 4.79 Å². The Balaban J connectivity index is 2.32. The van der Waals surface area contributed by atoms with Gasteiger partial charge in [-0.3, -0.25) is 9.59 Å².